The minimum absolute atomic E-state index is 0.120. The number of amides is 1. The van der Waals surface area contributed by atoms with Crippen LogP contribution in [0.3, 0.4) is 0 Å². The number of hydrogen-bond acceptors (Lipinski definition) is 6. The molecule has 1 aliphatic rings. The second-order valence-electron chi connectivity index (χ2n) is 8.48. The Bertz CT molecular complexity index is 1170. The Morgan fingerprint density at radius 1 is 1.21 bits per heavy atom. The van der Waals surface area contributed by atoms with Crippen molar-refractivity contribution in [1.29, 1.82) is 0 Å². The molecule has 1 fully saturated rings. The van der Waals surface area contributed by atoms with E-state index in [1.165, 1.54) is 6.07 Å². The third kappa shape index (κ3) is 5.17. The largest absolute Gasteiger partial charge is 0.368 e. The number of halogens is 1. The van der Waals surface area contributed by atoms with Gasteiger partial charge in [-0.2, -0.15) is 0 Å². The van der Waals surface area contributed by atoms with Crippen LogP contribution in [0.2, 0.25) is 0 Å². The van der Waals surface area contributed by atoms with E-state index in [0.29, 0.717) is 48.9 Å². The van der Waals surface area contributed by atoms with Crippen molar-refractivity contribution in [3.05, 3.63) is 82.2 Å². The number of aryl methyl sites for hydroxylation is 2. The van der Waals surface area contributed by atoms with Gasteiger partial charge in [0.15, 0.2) is 0 Å². The Kier molecular flexibility index (Phi) is 6.65. The molecule has 0 saturated carbocycles. The van der Waals surface area contributed by atoms with Gasteiger partial charge in [0.2, 0.25) is 5.95 Å². The summed E-state index contributed by atoms with van der Waals surface area (Å²) in [6, 6.07) is 10.7. The smallest absolute Gasteiger partial charge is 0.257 e. The Morgan fingerprint density at radius 2 is 2.00 bits per heavy atom. The van der Waals surface area contributed by atoms with Gasteiger partial charge in [0.25, 0.3) is 5.91 Å². The summed E-state index contributed by atoms with van der Waals surface area (Å²) in [4.78, 5) is 30.1. The van der Waals surface area contributed by atoms with E-state index >= 15 is 0 Å². The van der Waals surface area contributed by atoms with E-state index in [0.717, 1.165) is 17.0 Å². The highest BCUT2D eigenvalue weighted by molar-refractivity contribution is 5.95. The van der Waals surface area contributed by atoms with Crippen molar-refractivity contribution >= 4 is 11.9 Å². The summed E-state index contributed by atoms with van der Waals surface area (Å²) in [5.74, 6) is 0.220. The van der Waals surface area contributed by atoms with E-state index in [4.69, 9.17) is 4.74 Å². The molecular weight excluding hydrogens is 421 g/mol. The number of pyridine rings is 1. The van der Waals surface area contributed by atoms with Crippen molar-refractivity contribution in [3.8, 4) is 0 Å². The van der Waals surface area contributed by atoms with Crippen molar-refractivity contribution < 1.29 is 13.9 Å². The van der Waals surface area contributed by atoms with E-state index < -0.39 is 0 Å². The number of carbonyl (C=O) groups excluding carboxylic acids is 1. The number of morpholine rings is 1. The highest BCUT2D eigenvalue weighted by atomic mass is 19.1. The third-order valence-electron chi connectivity index (χ3n) is 5.67. The molecule has 0 aliphatic carbocycles. The molecule has 1 amide bonds. The highest BCUT2D eigenvalue weighted by Gasteiger charge is 2.28. The molecule has 33 heavy (non-hydrogen) atoms. The lowest BCUT2D eigenvalue weighted by Crippen LogP contribution is -2.43. The lowest BCUT2D eigenvalue weighted by atomic mass is 10.0. The van der Waals surface area contributed by atoms with Crippen LogP contribution >= 0.6 is 0 Å². The molecular formula is C25H28FN5O2. The molecule has 0 unspecified atom stereocenters. The topological polar surface area (TPSA) is 71.5 Å². The lowest BCUT2D eigenvalue weighted by Gasteiger charge is -2.33. The maximum Gasteiger partial charge on any atom is 0.257 e. The van der Waals surface area contributed by atoms with Gasteiger partial charge in [-0.15, -0.1) is 0 Å². The quantitative estimate of drug-likeness (QED) is 0.594. The minimum atomic E-state index is -0.357. The first kappa shape index (κ1) is 22.8. The Balaban J connectivity index is 1.53. The number of hydrogen-bond donors (Lipinski definition) is 0. The predicted octanol–water partition coefficient (Wildman–Crippen LogP) is 3.50. The van der Waals surface area contributed by atoms with Gasteiger partial charge in [0.05, 0.1) is 30.1 Å². The monoisotopic (exact) mass is 449 g/mol. The maximum absolute atomic E-state index is 14.1. The molecule has 1 saturated heterocycles. The number of benzene rings is 1. The van der Waals surface area contributed by atoms with Gasteiger partial charge in [0.1, 0.15) is 11.9 Å². The van der Waals surface area contributed by atoms with Gasteiger partial charge in [-0.05, 0) is 43.2 Å². The molecule has 7 nitrogen and oxygen atoms in total. The van der Waals surface area contributed by atoms with Gasteiger partial charge >= 0.3 is 0 Å². The molecule has 0 N–H and O–H groups in total. The van der Waals surface area contributed by atoms with Crippen LogP contribution in [-0.4, -0.2) is 59.6 Å². The van der Waals surface area contributed by atoms with Crippen molar-refractivity contribution in [2.45, 2.75) is 26.4 Å². The molecule has 172 valence electrons. The summed E-state index contributed by atoms with van der Waals surface area (Å²) < 4.78 is 20.1. The molecule has 1 atom stereocenters. The molecule has 3 aromatic rings. The van der Waals surface area contributed by atoms with Gasteiger partial charge in [-0.3, -0.25) is 9.78 Å². The fraction of sp³-hybridized carbons (Fsp3) is 0.360. The first-order valence-electron chi connectivity index (χ1n) is 10.9. The Hall–Kier alpha value is -3.39. The van der Waals surface area contributed by atoms with E-state index in [1.807, 2.05) is 46.1 Å². The van der Waals surface area contributed by atoms with E-state index in [-0.39, 0.29) is 17.8 Å². The standard InChI is InChI=1S/C25H28FN5O2/c1-16-11-18(12-19-7-5-6-8-21(19)26)13-22(28-16)23-15-31(9-10-33-23)24(32)20-14-27-25(30(3)4)29-17(20)2/h5-8,11,13-14,23H,9-10,12,15H2,1-4H3/t23-/m0/s1. The van der Waals surface area contributed by atoms with E-state index in [1.54, 1.807) is 28.1 Å². The molecule has 2 aromatic heterocycles. The number of carbonyl (C=O) groups is 1. The van der Waals surface area contributed by atoms with Crippen LogP contribution in [0.5, 0.6) is 0 Å². The van der Waals surface area contributed by atoms with Crippen molar-refractivity contribution in [2.75, 3.05) is 38.7 Å². The zero-order valence-electron chi connectivity index (χ0n) is 19.4. The third-order valence-corrected chi connectivity index (χ3v) is 5.67. The van der Waals surface area contributed by atoms with Crippen LogP contribution in [0, 0.1) is 19.7 Å². The fourth-order valence-corrected chi connectivity index (χ4v) is 3.96. The molecule has 1 aliphatic heterocycles. The SMILES string of the molecule is Cc1cc(Cc2ccccc2F)cc([C@@H]2CN(C(=O)c3cnc(N(C)C)nc3C)CCO2)n1. The van der Waals surface area contributed by atoms with E-state index in [2.05, 4.69) is 15.0 Å². The van der Waals surface area contributed by atoms with Crippen LogP contribution in [0.15, 0.2) is 42.6 Å². The second-order valence-corrected chi connectivity index (χ2v) is 8.48. The number of anilines is 1. The summed E-state index contributed by atoms with van der Waals surface area (Å²) in [6.45, 7) is 5.00. The number of aromatic nitrogens is 3. The van der Waals surface area contributed by atoms with Crippen molar-refractivity contribution in [2.24, 2.45) is 0 Å². The van der Waals surface area contributed by atoms with Crippen LogP contribution in [-0.2, 0) is 11.2 Å². The molecule has 8 heteroatoms. The normalized spacial score (nSPS) is 16.0. The minimum Gasteiger partial charge on any atom is -0.368 e. The Morgan fingerprint density at radius 3 is 2.73 bits per heavy atom. The molecule has 4 rings (SSSR count). The van der Waals surface area contributed by atoms with E-state index in [9.17, 15) is 9.18 Å². The van der Waals surface area contributed by atoms with Crippen LogP contribution in [0.4, 0.5) is 10.3 Å². The zero-order valence-corrected chi connectivity index (χ0v) is 19.4. The Labute approximate surface area is 193 Å². The number of nitrogens with zero attached hydrogens (tertiary/aromatic N) is 5. The number of ether oxygens (including phenoxy) is 1. The van der Waals surface area contributed by atoms with Gasteiger partial charge in [0, 0.05) is 39.0 Å². The summed E-state index contributed by atoms with van der Waals surface area (Å²) in [5.41, 5.74) is 4.29. The highest BCUT2D eigenvalue weighted by Crippen LogP contribution is 2.25. The van der Waals surface area contributed by atoms with Gasteiger partial charge < -0.3 is 14.5 Å². The second kappa shape index (κ2) is 9.62. The van der Waals surface area contributed by atoms with Crippen LogP contribution in [0.25, 0.3) is 0 Å². The average Bonchev–Trinajstić information content (AvgIpc) is 2.80. The molecule has 0 spiro atoms. The average molecular weight is 450 g/mol. The first-order chi connectivity index (χ1) is 15.8. The summed E-state index contributed by atoms with van der Waals surface area (Å²) >= 11 is 0. The zero-order chi connectivity index (χ0) is 23.5. The van der Waals surface area contributed by atoms with Gasteiger partial charge in [-0.25, -0.2) is 14.4 Å². The molecule has 1 aromatic carbocycles. The summed E-state index contributed by atoms with van der Waals surface area (Å²) in [6.07, 6.45) is 1.69. The summed E-state index contributed by atoms with van der Waals surface area (Å²) in [7, 11) is 3.72. The van der Waals surface area contributed by atoms with Crippen LogP contribution < -0.4 is 4.90 Å². The maximum atomic E-state index is 14.1. The molecule has 0 bridgehead atoms. The molecule has 3 heterocycles. The number of rotatable bonds is 5. The molecule has 0 radical (unpaired) electrons. The summed E-state index contributed by atoms with van der Waals surface area (Å²) in [5, 5.41) is 0. The lowest BCUT2D eigenvalue weighted by molar-refractivity contribution is -0.0248. The fourth-order valence-electron chi connectivity index (χ4n) is 3.96. The van der Waals surface area contributed by atoms with Crippen molar-refractivity contribution in [3.63, 3.8) is 0 Å². The predicted molar refractivity (Wildman–Crippen MR) is 124 cm³/mol. The van der Waals surface area contributed by atoms with Crippen molar-refractivity contribution in [1.82, 2.24) is 19.9 Å². The van der Waals surface area contributed by atoms with Gasteiger partial charge in [-0.1, -0.05) is 18.2 Å². The van der Waals surface area contributed by atoms with Crippen LogP contribution in [0.1, 0.15) is 44.7 Å². The first-order valence-corrected chi connectivity index (χ1v) is 10.9.